The highest BCUT2D eigenvalue weighted by atomic mass is 79.9. The van der Waals surface area contributed by atoms with E-state index in [0.29, 0.717) is 52.8 Å². The highest BCUT2D eigenvalue weighted by Crippen LogP contribution is 2.43. The fraction of sp³-hybridized carbons (Fsp3) is 0.281. The number of carbonyl (C=O) groups is 1. The Bertz CT molecular complexity index is 1590. The molecular formula is C32H34BrN5O3S. The van der Waals surface area contributed by atoms with Crippen LogP contribution in [0.4, 0.5) is 11.6 Å². The number of hydrogen-bond donors (Lipinski definition) is 2. The molecule has 0 spiro atoms. The third-order valence-corrected chi connectivity index (χ3v) is 8.33. The summed E-state index contributed by atoms with van der Waals surface area (Å²) in [6.45, 7) is 8.85. The maximum Gasteiger partial charge on any atom is 0.255 e. The molecule has 0 aliphatic carbocycles. The number of rotatable bonds is 11. The summed E-state index contributed by atoms with van der Waals surface area (Å²) in [7, 11) is 0. The lowest BCUT2D eigenvalue weighted by Crippen LogP contribution is -2.31. The summed E-state index contributed by atoms with van der Waals surface area (Å²) in [5.41, 5.74) is 5.01. The van der Waals surface area contributed by atoms with E-state index >= 15 is 0 Å². The molecule has 0 radical (unpaired) electrons. The average molecular weight is 649 g/mol. The summed E-state index contributed by atoms with van der Waals surface area (Å²) in [5, 5.41) is 11.9. The van der Waals surface area contributed by atoms with Gasteiger partial charge in [0.2, 0.25) is 11.1 Å². The summed E-state index contributed by atoms with van der Waals surface area (Å²) >= 11 is 5.33. The smallest absolute Gasteiger partial charge is 0.255 e. The molecule has 2 N–H and O–H groups in total. The number of aromatic nitrogens is 3. The van der Waals surface area contributed by atoms with Gasteiger partial charge in [-0.15, -0.1) is 5.10 Å². The number of halogens is 1. The van der Waals surface area contributed by atoms with E-state index in [9.17, 15) is 4.79 Å². The van der Waals surface area contributed by atoms with Gasteiger partial charge in [-0.05, 0) is 78.5 Å². The van der Waals surface area contributed by atoms with E-state index in [-0.39, 0.29) is 5.91 Å². The van der Waals surface area contributed by atoms with Gasteiger partial charge in [-0.1, -0.05) is 66.7 Å². The maximum absolute atomic E-state index is 13.9. The minimum absolute atomic E-state index is 0.228. The Hall–Kier alpha value is -3.76. The number of amides is 1. The zero-order chi connectivity index (χ0) is 29.6. The van der Waals surface area contributed by atoms with Gasteiger partial charge < -0.3 is 20.1 Å². The number of ether oxygens (including phenoxy) is 2. The Morgan fingerprint density at radius 3 is 2.55 bits per heavy atom. The molecular weight excluding hydrogens is 614 g/mol. The molecule has 1 unspecified atom stereocenters. The van der Waals surface area contributed by atoms with Crippen molar-refractivity contribution in [1.29, 1.82) is 0 Å². The number of fused-ring (bicyclic) bond motifs is 1. The molecule has 218 valence electrons. The van der Waals surface area contributed by atoms with E-state index < -0.39 is 6.04 Å². The van der Waals surface area contributed by atoms with Crippen LogP contribution >= 0.6 is 27.7 Å². The molecule has 2 heterocycles. The summed E-state index contributed by atoms with van der Waals surface area (Å²) < 4.78 is 14.9. The standard InChI is InChI=1S/C32H34BrN5O3S/c1-5-16-42-32-36-31-34-21(4)27(30(39)35-24-10-8-7-9-11-24)28(38(31)37-32)23-17-25(33)29(26(18-23)40-6-2)41-19-22-14-12-20(3)13-15-22/h7-15,17-18,28H,5-6,16,19H2,1-4H3,(H,35,39)(H,34,36,37). The summed E-state index contributed by atoms with van der Waals surface area (Å²) in [6, 6.07) is 21.0. The number of nitrogens with zero attached hydrogens (tertiary/aromatic N) is 3. The molecule has 0 fully saturated rings. The third kappa shape index (κ3) is 6.65. The monoisotopic (exact) mass is 647 g/mol. The number of allylic oxidation sites excluding steroid dienone is 1. The molecule has 10 heteroatoms. The number of nitrogens with one attached hydrogen (secondary N) is 2. The van der Waals surface area contributed by atoms with Crippen LogP contribution in [0.3, 0.4) is 0 Å². The SMILES string of the molecule is CCCSc1nc2n(n1)C(c1cc(Br)c(OCc3ccc(C)cc3)c(OCC)c1)C(C(=O)Nc1ccccc1)=C(C)N2. The van der Waals surface area contributed by atoms with Crippen molar-refractivity contribution in [2.24, 2.45) is 0 Å². The minimum atomic E-state index is -0.560. The third-order valence-electron chi connectivity index (χ3n) is 6.70. The van der Waals surface area contributed by atoms with Crippen molar-refractivity contribution >= 4 is 45.2 Å². The largest absolute Gasteiger partial charge is 0.490 e. The van der Waals surface area contributed by atoms with Crippen molar-refractivity contribution in [2.45, 2.75) is 51.9 Å². The lowest BCUT2D eigenvalue weighted by molar-refractivity contribution is -0.113. The fourth-order valence-electron chi connectivity index (χ4n) is 4.70. The van der Waals surface area contributed by atoms with Gasteiger partial charge in [0.15, 0.2) is 11.5 Å². The second-order valence-electron chi connectivity index (χ2n) is 9.93. The first-order valence-electron chi connectivity index (χ1n) is 14.0. The number of para-hydroxylation sites is 1. The molecule has 1 atom stereocenters. The topological polar surface area (TPSA) is 90.3 Å². The fourth-order valence-corrected chi connectivity index (χ4v) is 5.95. The molecule has 0 bridgehead atoms. The molecule has 8 nitrogen and oxygen atoms in total. The van der Waals surface area contributed by atoms with Gasteiger partial charge in [0.05, 0.1) is 16.7 Å². The molecule has 1 aliphatic heterocycles. The van der Waals surface area contributed by atoms with Crippen LogP contribution in [0.25, 0.3) is 0 Å². The van der Waals surface area contributed by atoms with Crippen LogP contribution in [-0.4, -0.2) is 33.0 Å². The molecule has 5 rings (SSSR count). The first-order valence-corrected chi connectivity index (χ1v) is 15.7. The Morgan fingerprint density at radius 2 is 1.83 bits per heavy atom. The van der Waals surface area contributed by atoms with Crippen LogP contribution in [0.15, 0.2) is 87.6 Å². The van der Waals surface area contributed by atoms with Gasteiger partial charge in [0, 0.05) is 17.1 Å². The number of benzene rings is 3. The highest BCUT2D eigenvalue weighted by Gasteiger charge is 2.35. The van der Waals surface area contributed by atoms with E-state index in [4.69, 9.17) is 19.6 Å². The van der Waals surface area contributed by atoms with Crippen molar-refractivity contribution in [3.05, 3.63) is 99.2 Å². The predicted molar refractivity (Wildman–Crippen MR) is 171 cm³/mol. The second kappa shape index (κ2) is 13.5. The van der Waals surface area contributed by atoms with Crippen LogP contribution in [0.2, 0.25) is 0 Å². The van der Waals surface area contributed by atoms with E-state index in [0.717, 1.165) is 27.8 Å². The van der Waals surface area contributed by atoms with Gasteiger partial charge in [-0.25, -0.2) is 4.68 Å². The molecule has 4 aromatic rings. The van der Waals surface area contributed by atoms with Gasteiger partial charge in [-0.2, -0.15) is 4.98 Å². The summed E-state index contributed by atoms with van der Waals surface area (Å²) in [4.78, 5) is 18.6. The van der Waals surface area contributed by atoms with Gasteiger partial charge in [0.25, 0.3) is 5.91 Å². The van der Waals surface area contributed by atoms with E-state index in [1.165, 1.54) is 5.56 Å². The van der Waals surface area contributed by atoms with Crippen molar-refractivity contribution in [2.75, 3.05) is 23.0 Å². The Labute approximate surface area is 259 Å². The van der Waals surface area contributed by atoms with Crippen molar-refractivity contribution in [1.82, 2.24) is 14.8 Å². The van der Waals surface area contributed by atoms with Crippen molar-refractivity contribution < 1.29 is 14.3 Å². The lowest BCUT2D eigenvalue weighted by atomic mass is 9.94. The number of aryl methyl sites for hydroxylation is 1. The van der Waals surface area contributed by atoms with Gasteiger partial charge in [-0.3, -0.25) is 4.79 Å². The van der Waals surface area contributed by atoms with E-state index in [1.54, 1.807) is 16.4 Å². The number of hydrogen-bond acceptors (Lipinski definition) is 7. The normalized spacial score (nSPS) is 14.3. The van der Waals surface area contributed by atoms with Crippen LogP contribution in [0.1, 0.15) is 49.9 Å². The number of carbonyl (C=O) groups excluding carboxylic acids is 1. The quantitative estimate of drug-likeness (QED) is 0.161. The average Bonchev–Trinajstić information content (AvgIpc) is 3.38. The first kappa shape index (κ1) is 29.7. The zero-order valence-corrected chi connectivity index (χ0v) is 26.5. The second-order valence-corrected chi connectivity index (χ2v) is 11.9. The van der Waals surface area contributed by atoms with Crippen LogP contribution < -0.4 is 20.1 Å². The molecule has 42 heavy (non-hydrogen) atoms. The molecule has 0 saturated heterocycles. The molecule has 1 amide bonds. The van der Waals surface area contributed by atoms with Crippen LogP contribution in [0, 0.1) is 6.92 Å². The van der Waals surface area contributed by atoms with Gasteiger partial charge >= 0.3 is 0 Å². The molecule has 3 aromatic carbocycles. The zero-order valence-electron chi connectivity index (χ0n) is 24.1. The highest BCUT2D eigenvalue weighted by molar-refractivity contribution is 9.10. The predicted octanol–water partition coefficient (Wildman–Crippen LogP) is 7.76. The molecule has 0 saturated carbocycles. The van der Waals surface area contributed by atoms with Crippen LogP contribution in [-0.2, 0) is 11.4 Å². The van der Waals surface area contributed by atoms with Crippen molar-refractivity contribution in [3.63, 3.8) is 0 Å². The maximum atomic E-state index is 13.9. The Kier molecular flexibility index (Phi) is 9.54. The van der Waals surface area contributed by atoms with Gasteiger partial charge in [0.1, 0.15) is 12.6 Å². The number of thioether (sulfide) groups is 1. The summed E-state index contributed by atoms with van der Waals surface area (Å²) in [5.74, 6) is 2.43. The minimum Gasteiger partial charge on any atom is -0.490 e. The first-order chi connectivity index (χ1) is 20.4. The Morgan fingerprint density at radius 1 is 1.07 bits per heavy atom. The Balaban J connectivity index is 1.56. The van der Waals surface area contributed by atoms with Crippen LogP contribution in [0.5, 0.6) is 11.5 Å². The number of anilines is 2. The molecule has 1 aromatic heterocycles. The molecule has 1 aliphatic rings. The lowest BCUT2D eigenvalue weighted by Gasteiger charge is -2.29. The summed E-state index contributed by atoms with van der Waals surface area (Å²) in [6.07, 6.45) is 1.00. The van der Waals surface area contributed by atoms with E-state index in [1.807, 2.05) is 56.3 Å². The van der Waals surface area contributed by atoms with E-state index in [2.05, 4.69) is 64.7 Å². The van der Waals surface area contributed by atoms with Crippen molar-refractivity contribution in [3.8, 4) is 11.5 Å².